The van der Waals surface area contributed by atoms with E-state index in [0.29, 0.717) is 6.54 Å². The molecule has 0 aromatic rings. The molecule has 4 heteroatoms. The molecule has 0 bridgehead atoms. The number of amides is 1. The SMILES string of the molecule is CN(C)C(=O)CNCC1CCC=CO1. The minimum Gasteiger partial charge on any atom is -0.497 e. The number of allylic oxidation sites excluding steroid dienone is 1. The second-order valence-electron chi connectivity index (χ2n) is 3.63. The minimum absolute atomic E-state index is 0.0938. The van der Waals surface area contributed by atoms with Gasteiger partial charge in [-0.3, -0.25) is 4.79 Å². The summed E-state index contributed by atoms with van der Waals surface area (Å²) in [6.07, 6.45) is 6.06. The van der Waals surface area contributed by atoms with Crippen LogP contribution in [-0.4, -0.2) is 44.1 Å². The van der Waals surface area contributed by atoms with E-state index in [1.54, 1.807) is 25.3 Å². The number of carbonyl (C=O) groups is 1. The molecule has 1 rings (SSSR count). The summed E-state index contributed by atoms with van der Waals surface area (Å²) in [6.45, 7) is 1.13. The summed E-state index contributed by atoms with van der Waals surface area (Å²) in [5.41, 5.74) is 0. The fraction of sp³-hybridized carbons (Fsp3) is 0.700. The number of nitrogens with zero attached hydrogens (tertiary/aromatic N) is 1. The molecular weight excluding hydrogens is 180 g/mol. The van der Waals surface area contributed by atoms with Gasteiger partial charge in [-0.2, -0.15) is 0 Å². The van der Waals surface area contributed by atoms with Crippen molar-refractivity contribution in [2.24, 2.45) is 0 Å². The molecule has 80 valence electrons. The lowest BCUT2D eigenvalue weighted by molar-refractivity contribution is -0.127. The van der Waals surface area contributed by atoms with Crippen molar-refractivity contribution >= 4 is 5.91 Å². The molecule has 1 heterocycles. The van der Waals surface area contributed by atoms with E-state index < -0.39 is 0 Å². The monoisotopic (exact) mass is 198 g/mol. The quantitative estimate of drug-likeness (QED) is 0.709. The molecule has 1 unspecified atom stereocenters. The molecule has 4 nitrogen and oxygen atoms in total. The fourth-order valence-electron chi connectivity index (χ4n) is 1.23. The number of ether oxygens (including phenoxy) is 1. The average Bonchev–Trinajstić information content (AvgIpc) is 2.19. The van der Waals surface area contributed by atoms with E-state index in [2.05, 4.69) is 5.32 Å². The summed E-state index contributed by atoms with van der Waals surface area (Å²) in [5, 5.41) is 3.09. The van der Waals surface area contributed by atoms with Gasteiger partial charge in [0.15, 0.2) is 0 Å². The molecule has 1 aliphatic rings. The first-order valence-corrected chi connectivity index (χ1v) is 4.91. The molecule has 1 N–H and O–H groups in total. The van der Waals surface area contributed by atoms with Gasteiger partial charge in [0, 0.05) is 20.6 Å². The average molecular weight is 198 g/mol. The topological polar surface area (TPSA) is 41.6 Å². The number of rotatable bonds is 4. The molecule has 1 aliphatic heterocycles. The molecule has 0 aromatic heterocycles. The van der Waals surface area contributed by atoms with E-state index in [1.165, 1.54) is 0 Å². The number of nitrogens with one attached hydrogen (secondary N) is 1. The molecule has 14 heavy (non-hydrogen) atoms. The Kier molecular flexibility index (Phi) is 4.46. The summed E-state index contributed by atoms with van der Waals surface area (Å²) in [7, 11) is 3.51. The highest BCUT2D eigenvalue weighted by molar-refractivity contribution is 5.77. The maximum atomic E-state index is 11.2. The summed E-state index contributed by atoms with van der Waals surface area (Å²) >= 11 is 0. The van der Waals surface area contributed by atoms with Crippen molar-refractivity contribution in [3.63, 3.8) is 0 Å². The van der Waals surface area contributed by atoms with Crippen molar-refractivity contribution in [3.8, 4) is 0 Å². The second kappa shape index (κ2) is 5.65. The Morgan fingerprint density at radius 1 is 1.64 bits per heavy atom. The first-order chi connectivity index (χ1) is 6.70. The van der Waals surface area contributed by atoms with Gasteiger partial charge >= 0.3 is 0 Å². The predicted molar refractivity (Wildman–Crippen MR) is 54.8 cm³/mol. The van der Waals surface area contributed by atoms with Gasteiger partial charge in [0.2, 0.25) is 5.91 Å². The number of carbonyl (C=O) groups excluding carboxylic acids is 1. The molecule has 0 aliphatic carbocycles. The van der Waals surface area contributed by atoms with Crippen LogP contribution in [0.15, 0.2) is 12.3 Å². The van der Waals surface area contributed by atoms with Crippen LogP contribution in [0.5, 0.6) is 0 Å². The summed E-state index contributed by atoms with van der Waals surface area (Å²) in [6, 6.07) is 0. The Bertz CT molecular complexity index is 214. The molecule has 0 radical (unpaired) electrons. The predicted octanol–water partition coefficient (Wildman–Crippen LogP) is 0.357. The fourth-order valence-corrected chi connectivity index (χ4v) is 1.23. The van der Waals surface area contributed by atoms with E-state index in [0.717, 1.165) is 19.4 Å². The minimum atomic E-state index is 0.0938. The van der Waals surface area contributed by atoms with E-state index >= 15 is 0 Å². The Morgan fingerprint density at radius 2 is 2.43 bits per heavy atom. The van der Waals surface area contributed by atoms with Crippen molar-refractivity contribution in [1.29, 1.82) is 0 Å². The van der Waals surface area contributed by atoms with Crippen LogP contribution in [0.2, 0.25) is 0 Å². The highest BCUT2D eigenvalue weighted by atomic mass is 16.5. The van der Waals surface area contributed by atoms with Crippen LogP contribution in [0, 0.1) is 0 Å². The zero-order chi connectivity index (χ0) is 10.4. The number of hydrogen-bond acceptors (Lipinski definition) is 3. The van der Waals surface area contributed by atoms with Gasteiger partial charge in [-0.1, -0.05) is 0 Å². The van der Waals surface area contributed by atoms with Crippen LogP contribution < -0.4 is 5.32 Å². The third-order valence-electron chi connectivity index (χ3n) is 2.17. The zero-order valence-corrected chi connectivity index (χ0v) is 8.82. The Hall–Kier alpha value is -1.03. The van der Waals surface area contributed by atoms with Gasteiger partial charge < -0.3 is 15.0 Å². The molecule has 1 amide bonds. The van der Waals surface area contributed by atoms with Crippen molar-refractivity contribution in [1.82, 2.24) is 10.2 Å². The molecular formula is C10H18N2O2. The summed E-state index contributed by atoms with van der Waals surface area (Å²) in [5.74, 6) is 0.0938. The highest BCUT2D eigenvalue weighted by Gasteiger charge is 2.11. The maximum Gasteiger partial charge on any atom is 0.236 e. The van der Waals surface area contributed by atoms with Crippen LogP contribution in [0.3, 0.4) is 0 Å². The van der Waals surface area contributed by atoms with E-state index in [9.17, 15) is 4.79 Å². The largest absolute Gasteiger partial charge is 0.497 e. The van der Waals surface area contributed by atoms with Crippen LogP contribution in [0.1, 0.15) is 12.8 Å². The van der Waals surface area contributed by atoms with Crippen LogP contribution >= 0.6 is 0 Å². The number of hydrogen-bond donors (Lipinski definition) is 1. The summed E-state index contributed by atoms with van der Waals surface area (Å²) < 4.78 is 5.35. The standard InChI is InChI=1S/C10H18N2O2/c1-12(2)10(13)8-11-7-9-5-3-4-6-14-9/h4,6,9,11H,3,5,7-8H2,1-2H3. The van der Waals surface area contributed by atoms with E-state index in [1.807, 2.05) is 6.08 Å². The highest BCUT2D eigenvalue weighted by Crippen LogP contribution is 2.08. The van der Waals surface area contributed by atoms with E-state index in [-0.39, 0.29) is 12.0 Å². The van der Waals surface area contributed by atoms with Gasteiger partial charge in [0.25, 0.3) is 0 Å². The Labute approximate surface area is 84.9 Å². The second-order valence-corrected chi connectivity index (χ2v) is 3.63. The molecule has 1 atom stereocenters. The van der Waals surface area contributed by atoms with Crippen LogP contribution in [0.25, 0.3) is 0 Å². The molecule has 0 saturated carbocycles. The van der Waals surface area contributed by atoms with Gasteiger partial charge in [0.05, 0.1) is 12.8 Å². The van der Waals surface area contributed by atoms with Gasteiger partial charge in [0.1, 0.15) is 6.10 Å². The Morgan fingerprint density at radius 3 is 3.00 bits per heavy atom. The molecule has 0 aromatic carbocycles. The van der Waals surface area contributed by atoms with Crippen LogP contribution in [-0.2, 0) is 9.53 Å². The first-order valence-electron chi connectivity index (χ1n) is 4.91. The normalized spacial score (nSPS) is 20.3. The lowest BCUT2D eigenvalue weighted by Crippen LogP contribution is -2.37. The zero-order valence-electron chi connectivity index (χ0n) is 8.82. The third kappa shape index (κ3) is 3.79. The van der Waals surface area contributed by atoms with Gasteiger partial charge in [-0.15, -0.1) is 0 Å². The maximum absolute atomic E-state index is 11.2. The Balaban J connectivity index is 2.09. The number of likely N-dealkylation sites (N-methyl/N-ethyl adjacent to an activating group) is 1. The van der Waals surface area contributed by atoms with Crippen molar-refractivity contribution in [3.05, 3.63) is 12.3 Å². The molecule has 0 saturated heterocycles. The lowest BCUT2D eigenvalue weighted by Gasteiger charge is -2.20. The molecule has 0 spiro atoms. The van der Waals surface area contributed by atoms with Crippen LogP contribution in [0.4, 0.5) is 0 Å². The van der Waals surface area contributed by atoms with Gasteiger partial charge in [-0.25, -0.2) is 0 Å². The third-order valence-corrected chi connectivity index (χ3v) is 2.17. The van der Waals surface area contributed by atoms with Crippen molar-refractivity contribution in [2.75, 3.05) is 27.2 Å². The first kappa shape index (κ1) is 11.0. The van der Waals surface area contributed by atoms with E-state index in [4.69, 9.17) is 4.74 Å². The van der Waals surface area contributed by atoms with Gasteiger partial charge in [-0.05, 0) is 18.9 Å². The van der Waals surface area contributed by atoms with Crippen molar-refractivity contribution < 1.29 is 9.53 Å². The smallest absolute Gasteiger partial charge is 0.236 e. The molecule has 0 fully saturated rings. The summed E-state index contributed by atoms with van der Waals surface area (Å²) in [4.78, 5) is 12.8. The lowest BCUT2D eigenvalue weighted by atomic mass is 10.1. The van der Waals surface area contributed by atoms with Crippen molar-refractivity contribution in [2.45, 2.75) is 18.9 Å².